The van der Waals surface area contributed by atoms with Crippen molar-refractivity contribution in [2.75, 3.05) is 16.0 Å². The number of carboxylic acids is 1. The molecule has 1 aliphatic rings. The molecular formula is C22H18N4O4. The van der Waals surface area contributed by atoms with Crippen LogP contribution in [0.5, 0.6) is 0 Å². The minimum absolute atomic E-state index is 0.0240. The van der Waals surface area contributed by atoms with Gasteiger partial charge in [0, 0.05) is 29.8 Å². The van der Waals surface area contributed by atoms with Crippen LogP contribution in [0.3, 0.4) is 0 Å². The molecule has 1 aliphatic heterocycles. The van der Waals surface area contributed by atoms with Gasteiger partial charge >= 0.3 is 5.97 Å². The van der Waals surface area contributed by atoms with Crippen molar-refractivity contribution >= 4 is 34.8 Å². The first-order valence-electron chi connectivity index (χ1n) is 9.25. The number of aromatic nitrogens is 1. The second-order valence-electron chi connectivity index (χ2n) is 6.81. The van der Waals surface area contributed by atoms with Gasteiger partial charge in [-0.3, -0.25) is 9.59 Å². The first-order chi connectivity index (χ1) is 14.5. The average molecular weight is 402 g/mol. The maximum Gasteiger partial charge on any atom is 0.354 e. The second kappa shape index (κ2) is 8.04. The van der Waals surface area contributed by atoms with E-state index in [1.54, 1.807) is 36.4 Å². The highest BCUT2D eigenvalue weighted by Gasteiger charge is 2.18. The number of aromatic carboxylic acids is 1. The van der Waals surface area contributed by atoms with Crippen LogP contribution in [0.15, 0.2) is 60.8 Å². The van der Waals surface area contributed by atoms with E-state index in [0.717, 1.165) is 11.1 Å². The van der Waals surface area contributed by atoms with Gasteiger partial charge in [0.25, 0.3) is 5.91 Å². The minimum atomic E-state index is -1.08. The summed E-state index contributed by atoms with van der Waals surface area (Å²) in [6.45, 7) is 0.377. The predicted molar refractivity (Wildman–Crippen MR) is 112 cm³/mol. The van der Waals surface area contributed by atoms with E-state index in [2.05, 4.69) is 20.9 Å². The number of carbonyl (C=O) groups excluding carboxylic acids is 2. The van der Waals surface area contributed by atoms with Gasteiger partial charge < -0.3 is 21.1 Å². The molecule has 0 fully saturated rings. The topological polar surface area (TPSA) is 120 Å². The lowest BCUT2D eigenvalue weighted by Gasteiger charge is -2.13. The first-order valence-corrected chi connectivity index (χ1v) is 9.25. The number of para-hydroxylation sites is 1. The Balaban J connectivity index is 1.46. The summed E-state index contributed by atoms with van der Waals surface area (Å²) in [5.41, 5.74) is 4.05. The number of pyridine rings is 1. The van der Waals surface area contributed by atoms with Gasteiger partial charge in [-0.1, -0.05) is 24.3 Å². The highest BCUT2D eigenvalue weighted by atomic mass is 16.4. The molecule has 0 aliphatic carbocycles. The van der Waals surface area contributed by atoms with Gasteiger partial charge in [0.1, 0.15) is 5.69 Å². The number of rotatable bonds is 6. The van der Waals surface area contributed by atoms with Crippen LogP contribution in [-0.2, 0) is 17.8 Å². The fourth-order valence-electron chi connectivity index (χ4n) is 3.18. The first kappa shape index (κ1) is 19.1. The molecule has 2 aromatic carbocycles. The third-order valence-electron chi connectivity index (χ3n) is 4.69. The van der Waals surface area contributed by atoms with Gasteiger partial charge in [-0.2, -0.15) is 0 Å². The third-order valence-corrected chi connectivity index (χ3v) is 4.69. The Bertz CT molecular complexity index is 1140. The van der Waals surface area contributed by atoms with E-state index in [1.165, 1.54) is 12.3 Å². The SMILES string of the molecule is O=C1Cc2ccc(NC(=O)c3ccccc3NCc3ccc(C(=O)O)nc3)cc2N1. The number of hydrogen-bond donors (Lipinski definition) is 4. The normalized spacial score (nSPS) is 12.1. The predicted octanol–water partition coefficient (Wildman–Crippen LogP) is 3.14. The number of benzene rings is 2. The lowest BCUT2D eigenvalue weighted by molar-refractivity contribution is -0.115. The van der Waals surface area contributed by atoms with Gasteiger partial charge in [0.2, 0.25) is 5.91 Å². The molecule has 0 spiro atoms. The van der Waals surface area contributed by atoms with Crippen LogP contribution < -0.4 is 16.0 Å². The van der Waals surface area contributed by atoms with E-state index in [4.69, 9.17) is 5.11 Å². The van der Waals surface area contributed by atoms with Gasteiger partial charge in [-0.25, -0.2) is 9.78 Å². The Morgan fingerprint density at radius 3 is 2.70 bits per heavy atom. The molecule has 8 nitrogen and oxygen atoms in total. The van der Waals surface area contributed by atoms with Crippen LogP contribution in [0.1, 0.15) is 32.0 Å². The minimum Gasteiger partial charge on any atom is -0.477 e. The molecule has 0 unspecified atom stereocenters. The van der Waals surface area contributed by atoms with Crippen LogP contribution in [0.4, 0.5) is 17.1 Å². The quantitative estimate of drug-likeness (QED) is 0.503. The summed E-state index contributed by atoms with van der Waals surface area (Å²) in [6, 6.07) is 15.5. The molecule has 4 N–H and O–H groups in total. The Hall–Kier alpha value is -4.20. The van der Waals surface area contributed by atoms with Crippen molar-refractivity contribution in [3.8, 4) is 0 Å². The van der Waals surface area contributed by atoms with E-state index >= 15 is 0 Å². The molecule has 30 heavy (non-hydrogen) atoms. The molecule has 2 amide bonds. The smallest absolute Gasteiger partial charge is 0.354 e. The summed E-state index contributed by atoms with van der Waals surface area (Å²) < 4.78 is 0. The van der Waals surface area contributed by atoms with E-state index in [1.807, 2.05) is 12.1 Å². The summed E-state index contributed by atoms with van der Waals surface area (Å²) >= 11 is 0. The molecule has 4 rings (SSSR count). The Morgan fingerprint density at radius 1 is 1.10 bits per heavy atom. The number of amides is 2. The van der Waals surface area contributed by atoms with Crippen LogP contribution in [0.2, 0.25) is 0 Å². The number of nitrogens with one attached hydrogen (secondary N) is 3. The number of carboxylic acid groups (broad SMARTS) is 1. The van der Waals surface area contributed by atoms with E-state index in [9.17, 15) is 14.4 Å². The monoisotopic (exact) mass is 402 g/mol. The van der Waals surface area contributed by atoms with Gasteiger partial charge in [0.15, 0.2) is 0 Å². The second-order valence-corrected chi connectivity index (χ2v) is 6.81. The van der Waals surface area contributed by atoms with Crippen molar-refractivity contribution < 1.29 is 19.5 Å². The summed E-state index contributed by atoms with van der Waals surface area (Å²) in [6.07, 6.45) is 1.83. The third kappa shape index (κ3) is 4.12. The number of anilines is 3. The zero-order valence-electron chi connectivity index (χ0n) is 15.8. The van der Waals surface area contributed by atoms with Crippen molar-refractivity contribution in [2.45, 2.75) is 13.0 Å². The zero-order chi connectivity index (χ0) is 21.1. The molecule has 0 radical (unpaired) electrons. The highest BCUT2D eigenvalue weighted by molar-refractivity contribution is 6.08. The lowest BCUT2D eigenvalue weighted by Crippen LogP contribution is -2.15. The van der Waals surface area contributed by atoms with Crippen LogP contribution in [0, 0.1) is 0 Å². The molecule has 0 atom stereocenters. The molecule has 0 bridgehead atoms. The zero-order valence-corrected chi connectivity index (χ0v) is 15.8. The van der Waals surface area contributed by atoms with Gasteiger partial charge in [0.05, 0.1) is 12.0 Å². The van der Waals surface area contributed by atoms with Crippen LogP contribution in [0.25, 0.3) is 0 Å². The Morgan fingerprint density at radius 2 is 1.93 bits per heavy atom. The average Bonchev–Trinajstić information content (AvgIpc) is 3.12. The van der Waals surface area contributed by atoms with Crippen molar-refractivity contribution in [3.05, 3.63) is 83.2 Å². The summed E-state index contributed by atoms with van der Waals surface area (Å²) in [5.74, 6) is -1.43. The highest BCUT2D eigenvalue weighted by Crippen LogP contribution is 2.27. The van der Waals surface area contributed by atoms with E-state index in [-0.39, 0.29) is 17.5 Å². The van der Waals surface area contributed by atoms with Crippen molar-refractivity contribution in [3.63, 3.8) is 0 Å². The van der Waals surface area contributed by atoms with Gasteiger partial charge in [-0.05, 0) is 41.5 Å². The summed E-state index contributed by atoms with van der Waals surface area (Å²) in [7, 11) is 0. The molecular weight excluding hydrogens is 384 g/mol. The Labute approximate surface area is 172 Å². The largest absolute Gasteiger partial charge is 0.477 e. The molecule has 1 aromatic heterocycles. The number of carbonyl (C=O) groups is 3. The fraction of sp³-hybridized carbons (Fsp3) is 0.0909. The number of fused-ring (bicyclic) bond motifs is 1. The Kier molecular flexibility index (Phi) is 5.13. The maximum absolute atomic E-state index is 12.8. The van der Waals surface area contributed by atoms with Crippen molar-refractivity contribution in [1.29, 1.82) is 0 Å². The summed E-state index contributed by atoms with van der Waals surface area (Å²) in [4.78, 5) is 39.1. The fourth-order valence-corrected chi connectivity index (χ4v) is 3.18. The molecule has 3 aromatic rings. The van der Waals surface area contributed by atoms with Crippen molar-refractivity contribution in [1.82, 2.24) is 4.98 Å². The summed E-state index contributed by atoms with van der Waals surface area (Å²) in [5, 5.41) is 17.7. The molecule has 2 heterocycles. The molecule has 0 saturated carbocycles. The van der Waals surface area contributed by atoms with Crippen molar-refractivity contribution in [2.24, 2.45) is 0 Å². The van der Waals surface area contributed by atoms with E-state index < -0.39 is 5.97 Å². The van der Waals surface area contributed by atoms with Crippen LogP contribution >= 0.6 is 0 Å². The molecule has 0 saturated heterocycles. The standard InChI is InChI=1S/C22H18N4O4/c27-20-9-14-6-7-15(10-19(14)26-20)25-21(28)16-3-1-2-4-17(16)23-11-13-5-8-18(22(29)30)24-12-13/h1-8,10,12,23H,9,11H2,(H,25,28)(H,26,27)(H,29,30). The van der Waals surface area contributed by atoms with Crippen LogP contribution in [-0.4, -0.2) is 27.9 Å². The molecule has 150 valence electrons. The maximum atomic E-state index is 12.8. The molecule has 8 heteroatoms. The van der Waals surface area contributed by atoms with Gasteiger partial charge in [-0.15, -0.1) is 0 Å². The number of nitrogens with zero attached hydrogens (tertiary/aromatic N) is 1. The van der Waals surface area contributed by atoms with E-state index in [0.29, 0.717) is 35.6 Å². The number of hydrogen-bond acceptors (Lipinski definition) is 5. The lowest BCUT2D eigenvalue weighted by atomic mass is 10.1.